The van der Waals surface area contributed by atoms with Gasteiger partial charge in [-0.25, -0.2) is 4.79 Å². The van der Waals surface area contributed by atoms with Crippen LogP contribution in [0.1, 0.15) is 31.2 Å². The van der Waals surface area contributed by atoms with Crippen molar-refractivity contribution < 1.29 is 14.7 Å². The van der Waals surface area contributed by atoms with E-state index in [2.05, 4.69) is 5.32 Å². The summed E-state index contributed by atoms with van der Waals surface area (Å²) in [5.74, 6) is 0.219. The lowest BCUT2D eigenvalue weighted by atomic mass is 10.0. The van der Waals surface area contributed by atoms with Crippen molar-refractivity contribution in [2.24, 2.45) is 0 Å². The number of carbonyl (C=O) groups excluding carboxylic acids is 1. The second kappa shape index (κ2) is 7.25. The van der Waals surface area contributed by atoms with Gasteiger partial charge < -0.3 is 15.3 Å². The van der Waals surface area contributed by atoms with Crippen molar-refractivity contribution in [3.05, 3.63) is 35.9 Å². The molecule has 0 unspecified atom stereocenters. The Morgan fingerprint density at radius 1 is 1.30 bits per heavy atom. The number of aliphatic carboxylic acids is 1. The van der Waals surface area contributed by atoms with Gasteiger partial charge in [0.2, 0.25) is 0 Å². The van der Waals surface area contributed by atoms with Crippen LogP contribution < -0.4 is 5.32 Å². The maximum atomic E-state index is 12.3. The van der Waals surface area contributed by atoms with Crippen LogP contribution in [0.2, 0.25) is 0 Å². The quantitative estimate of drug-likeness (QED) is 0.594. The fourth-order valence-corrected chi connectivity index (χ4v) is 5.04. The molecule has 5 nitrogen and oxygen atoms in total. The zero-order valence-corrected chi connectivity index (χ0v) is 13.8. The Hall–Kier alpha value is -1.69. The fourth-order valence-electron chi connectivity index (χ4n) is 3.44. The Bertz CT molecular complexity index is 566. The molecule has 3 rings (SSSR count). The summed E-state index contributed by atoms with van der Waals surface area (Å²) in [7, 11) is 0. The first-order valence-electron chi connectivity index (χ1n) is 8.09. The molecular formula is C17H22N2O3S. The third-order valence-electron chi connectivity index (χ3n) is 4.54. The smallest absolute Gasteiger partial charge is 0.318 e. The normalized spacial score (nSPS) is 26.2. The summed E-state index contributed by atoms with van der Waals surface area (Å²) in [6.07, 6.45) is 2.82. The molecule has 2 aliphatic rings. The minimum Gasteiger partial charge on any atom is -0.481 e. The molecule has 2 heterocycles. The van der Waals surface area contributed by atoms with E-state index in [0.29, 0.717) is 18.2 Å². The predicted molar refractivity (Wildman–Crippen MR) is 90.4 cm³/mol. The summed E-state index contributed by atoms with van der Waals surface area (Å²) in [5, 5.41) is 12.2. The van der Waals surface area contributed by atoms with Crippen molar-refractivity contribution in [3.8, 4) is 0 Å². The number of nitrogens with one attached hydrogen (secondary N) is 1. The molecule has 2 fully saturated rings. The van der Waals surface area contributed by atoms with Gasteiger partial charge in [0.05, 0.1) is 12.1 Å². The molecule has 124 valence electrons. The van der Waals surface area contributed by atoms with E-state index >= 15 is 0 Å². The van der Waals surface area contributed by atoms with Crippen molar-refractivity contribution in [1.82, 2.24) is 10.2 Å². The van der Waals surface area contributed by atoms with Gasteiger partial charge in [-0.15, -0.1) is 0 Å². The van der Waals surface area contributed by atoms with E-state index in [4.69, 9.17) is 5.11 Å². The Kier molecular flexibility index (Phi) is 5.10. The molecule has 23 heavy (non-hydrogen) atoms. The Morgan fingerprint density at radius 3 is 2.83 bits per heavy atom. The highest BCUT2D eigenvalue weighted by Gasteiger charge is 2.47. The fraction of sp³-hybridized carbons (Fsp3) is 0.529. The van der Waals surface area contributed by atoms with Crippen molar-refractivity contribution in [3.63, 3.8) is 0 Å². The number of hydrogen-bond acceptors (Lipinski definition) is 3. The average molecular weight is 334 g/mol. The molecular weight excluding hydrogens is 312 g/mol. The van der Waals surface area contributed by atoms with Gasteiger partial charge in [-0.1, -0.05) is 36.8 Å². The van der Waals surface area contributed by atoms with E-state index in [1.807, 2.05) is 47.0 Å². The van der Waals surface area contributed by atoms with Crippen LogP contribution in [0.3, 0.4) is 0 Å². The van der Waals surface area contributed by atoms with E-state index in [1.165, 1.54) is 0 Å². The molecule has 0 aromatic heterocycles. The maximum Gasteiger partial charge on any atom is 0.318 e. The van der Waals surface area contributed by atoms with Gasteiger partial charge in [-0.2, -0.15) is 11.8 Å². The molecule has 0 spiro atoms. The number of fused-ring (bicyclic) bond motifs is 1. The first kappa shape index (κ1) is 16.2. The van der Waals surface area contributed by atoms with Gasteiger partial charge in [0, 0.05) is 24.0 Å². The Balaban J connectivity index is 1.61. The first-order chi connectivity index (χ1) is 11.1. The summed E-state index contributed by atoms with van der Waals surface area (Å²) < 4.78 is 0. The molecule has 0 saturated carbocycles. The number of benzene rings is 1. The van der Waals surface area contributed by atoms with Gasteiger partial charge in [0.25, 0.3) is 0 Å². The van der Waals surface area contributed by atoms with E-state index in [1.54, 1.807) is 0 Å². The third kappa shape index (κ3) is 3.80. The molecule has 0 bridgehead atoms. The molecule has 2 aliphatic heterocycles. The Labute approximate surface area is 140 Å². The number of unbranched alkanes of at least 4 members (excludes halogenated alkanes) is 1. The second-order valence-corrected chi connectivity index (χ2v) is 7.44. The highest BCUT2D eigenvalue weighted by molar-refractivity contribution is 8.00. The van der Waals surface area contributed by atoms with Crippen molar-refractivity contribution >= 4 is 23.8 Å². The van der Waals surface area contributed by atoms with Gasteiger partial charge in [0.1, 0.15) is 0 Å². The zero-order valence-electron chi connectivity index (χ0n) is 13.0. The van der Waals surface area contributed by atoms with Crippen molar-refractivity contribution in [2.75, 3.05) is 5.75 Å². The number of hydrogen-bond donors (Lipinski definition) is 2. The lowest BCUT2D eigenvalue weighted by Gasteiger charge is -2.27. The lowest BCUT2D eigenvalue weighted by molar-refractivity contribution is -0.137. The first-order valence-corrected chi connectivity index (χ1v) is 9.14. The SMILES string of the molecule is O=C(O)CCCC[C@H]1SC[C@H]2NC(=O)N(Cc3ccccc3)[C@H]21. The highest BCUT2D eigenvalue weighted by atomic mass is 32.2. The number of rotatable bonds is 7. The highest BCUT2D eigenvalue weighted by Crippen LogP contribution is 2.38. The second-order valence-electron chi connectivity index (χ2n) is 6.17. The van der Waals surface area contributed by atoms with Crippen LogP contribution in [-0.2, 0) is 11.3 Å². The van der Waals surface area contributed by atoms with Crippen molar-refractivity contribution in [2.45, 2.75) is 49.6 Å². The van der Waals surface area contributed by atoms with E-state index in [-0.39, 0.29) is 24.5 Å². The van der Waals surface area contributed by atoms with Gasteiger partial charge >= 0.3 is 12.0 Å². The van der Waals surface area contributed by atoms with E-state index < -0.39 is 5.97 Å². The molecule has 1 aromatic carbocycles. The minimum atomic E-state index is -0.731. The monoisotopic (exact) mass is 334 g/mol. The number of carbonyl (C=O) groups is 2. The van der Waals surface area contributed by atoms with E-state index in [0.717, 1.165) is 24.2 Å². The number of carboxylic acids is 1. The molecule has 2 amide bonds. The number of nitrogens with zero attached hydrogens (tertiary/aromatic N) is 1. The van der Waals surface area contributed by atoms with Crippen molar-refractivity contribution in [1.29, 1.82) is 0 Å². The largest absolute Gasteiger partial charge is 0.481 e. The molecule has 1 aromatic rings. The Morgan fingerprint density at radius 2 is 2.09 bits per heavy atom. The van der Waals surface area contributed by atoms with Crippen LogP contribution >= 0.6 is 11.8 Å². The summed E-state index contributed by atoms with van der Waals surface area (Å²) in [5.41, 5.74) is 1.14. The van der Waals surface area contributed by atoms with Crippen LogP contribution in [0.5, 0.6) is 0 Å². The summed E-state index contributed by atoms with van der Waals surface area (Å²) in [4.78, 5) is 24.9. The van der Waals surface area contributed by atoms with Crippen LogP contribution in [0.25, 0.3) is 0 Å². The number of urea groups is 1. The van der Waals surface area contributed by atoms with Crippen LogP contribution in [0.15, 0.2) is 30.3 Å². The number of carboxylic acid groups (broad SMARTS) is 1. The van der Waals surface area contributed by atoms with Gasteiger partial charge in [0.15, 0.2) is 0 Å². The molecule has 0 radical (unpaired) electrons. The van der Waals surface area contributed by atoms with Crippen LogP contribution in [0.4, 0.5) is 4.79 Å². The standard InChI is InChI=1S/C17H22N2O3S/c20-15(21)9-5-4-8-14-16-13(11-23-14)18-17(22)19(16)10-12-6-2-1-3-7-12/h1-3,6-7,13-14,16H,4-5,8-11H2,(H,18,22)(H,20,21)/t13-,14-,16-/m1/s1. The summed E-state index contributed by atoms with van der Waals surface area (Å²) in [6.45, 7) is 0.639. The van der Waals surface area contributed by atoms with E-state index in [9.17, 15) is 9.59 Å². The third-order valence-corrected chi connectivity index (χ3v) is 6.03. The van der Waals surface area contributed by atoms with Gasteiger partial charge in [-0.3, -0.25) is 4.79 Å². The molecule has 6 heteroatoms. The zero-order chi connectivity index (χ0) is 16.2. The minimum absolute atomic E-state index is 0.0275. The summed E-state index contributed by atoms with van der Waals surface area (Å²) >= 11 is 1.91. The number of amides is 2. The maximum absolute atomic E-state index is 12.3. The summed E-state index contributed by atoms with van der Waals surface area (Å²) in [6, 6.07) is 10.5. The van der Waals surface area contributed by atoms with Gasteiger partial charge in [-0.05, 0) is 18.4 Å². The molecule has 2 saturated heterocycles. The molecule has 0 aliphatic carbocycles. The topological polar surface area (TPSA) is 69.6 Å². The number of thioether (sulfide) groups is 1. The molecule has 2 N–H and O–H groups in total. The van der Waals surface area contributed by atoms with Crippen LogP contribution in [0, 0.1) is 0 Å². The lowest BCUT2D eigenvalue weighted by Crippen LogP contribution is -2.40. The average Bonchev–Trinajstić information content (AvgIpc) is 3.05. The predicted octanol–water partition coefficient (Wildman–Crippen LogP) is 2.71. The molecule has 3 atom stereocenters. The van der Waals surface area contributed by atoms with Crippen LogP contribution in [-0.4, -0.2) is 45.1 Å².